The lowest BCUT2D eigenvalue weighted by atomic mass is 10.1. The highest BCUT2D eigenvalue weighted by molar-refractivity contribution is 5.99. The normalized spacial score (nSPS) is 11.1. The molecular weight excluding hydrogens is 246 g/mol. The maximum Gasteiger partial charge on any atom is 0.277 e. The van der Waals surface area contributed by atoms with Crippen molar-refractivity contribution in [2.24, 2.45) is 5.73 Å². The topological polar surface area (TPSA) is 118 Å². The van der Waals surface area contributed by atoms with Crippen molar-refractivity contribution >= 4 is 17.5 Å². The minimum absolute atomic E-state index is 0.137. The summed E-state index contributed by atoms with van der Waals surface area (Å²) < 4.78 is 0. The highest BCUT2D eigenvalue weighted by Crippen LogP contribution is 2.23. The Balaban J connectivity index is 3.07. The number of nitrogens with one attached hydrogen (secondary N) is 1. The van der Waals surface area contributed by atoms with Crippen LogP contribution in [0.2, 0.25) is 0 Å². The smallest absolute Gasteiger partial charge is 0.277 e. The van der Waals surface area contributed by atoms with E-state index in [1.54, 1.807) is 13.8 Å². The molecule has 19 heavy (non-hydrogen) atoms. The van der Waals surface area contributed by atoms with E-state index in [4.69, 9.17) is 11.5 Å². The second kappa shape index (κ2) is 5.73. The molecule has 0 spiro atoms. The quantitative estimate of drug-likeness (QED) is 0.717. The van der Waals surface area contributed by atoms with E-state index in [9.17, 15) is 9.59 Å². The second-order valence-corrected chi connectivity index (χ2v) is 5.05. The third kappa shape index (κ3) is 3.24. The van der Waals surface area contributed by atoms with Gasteiger partial charge in [-0.25, -0.2) is 0 Å². The first-order valence-corrected chi connectivity index (χ1v) is 6.18. The van der Waals surface area contributed by atoms with Crippen LogP contribution in [0.25, 0.3) is 0 Å². The molecule has 0 atom stereocenters. The minimum Gasteiger partial charge on any atom is -0.395 e. The maximum atomic E-state index is 12.3. The molecule has 1 aromatic rings. The molecule has 0 saturated carbocycles. The van der Waals surface area contributed by atoms with Gasteiger partial charge in [0.25, 0.3) is 5.91 Å². The summed E-state index contributed by atoms with van der Waals surface area (Å²) >= 11 is 0. The highest BCUT2D eigenvalue weighted by atomic mass is 16.2. The van der Waals surface area contributed by atoms with E-state index >= 15 is 0 Å². The fourth-order valence-corrected chi connectivity index (χ4v) is 1.76. The molecule has 0 aliphatic heterocycles. The number of aromatic nitrogens is 2. The van der Waals surface area contributed by atoms with Crippen molar-refractivity contribution in [2.45, 2.75) is 39.7 Å². The molecule has 1 aromatic heterocycles. The monoisotopic (exact) mass is 267 g/mol. The van der Waals surface area contributed by atoms with Gasteiger partial charge in [-0.2, -0.15) is 5.10 Å². The molecule has 1 heterocycles. The maximum absolute atomic E-state index is 12.3. The molecule has 0 radical (unpaired) electrons. The van der Waals surface area contributed by atoms with Gasteiger partial charge in [0.2, 0.25) is 5.91 Å². The Bertz CT molecular complexity index is 478. The predicted molar refractivity (Wildman–Crippen MR) is 72.5 cm³/mol. The average molecular weight is 267 g/mol. The summed E-state index contributed by atoms with van der Waals surface area (Å²) in [6.07, 6.45) is 0. The van der Waals surface area contributed by atoms with Gasteiger partial charge < -0.3 is 16.4 Å². The number of nitrogens with zero attached hydrogens (tertiary/aromatic N) is 2. The SMILES string of the molecule is CC(C)c1[nH]nc(C(=O)N(CC(N)=O)C(C)C)c1N. The van der Waals surface area contributed by atoms with Crippen LogP contribution in [0.1, 0.15) is 49.8 Å². The van der Waals surface area contributed by atoms with Crippen LogP contribution in [-0.2, 0) is 4.79 Å². The van der Waals surface area contributed by atoms with Gasteiger partial charge in [0.05, 0.1) is 17.9 Å². The number of anilines is 1. The van der Waals surface area contributed by atoms with Crippen LogP contribution in [0.5, 0.6) is 0 Å². The van der Waals surface area contributed by atoms with E-state index in [1.165, 1.54) is 4.90 Å². The molecular formula is C12H21N5O2. The van der Waals surface area contributed by atoms with Crippen LogP contribution in [-0.4, -0.2) is 39.5 Å². The van der Waals surface area contributed by atoms with Crippen LogP contribution < -0.4 is 11.5 Å². The van der Waals surface area contributed by atoms with Gasteiger partial charge in [-0.3, -0.25) is 14.7 Å². The molecule has 5 N–H and O–H groups in total. The summed E-state index contributed by atoms with van der Waals surface area (Å²) in [5.41, 5.74) is 12.2. The molecule has 0 bridgehead atoms. The summed E-state index contributed by atoms with van der Waals surface area (Å²) in [5, 5.41) is 6.72. The lowest BCUT2D eigenvalue weighted by molar-refractivity contribution is -0.119. The molecule has 0 saturated heterocycles. The molecule has 7 heteroatoms. The van der Waals surface area contributed by atoms with Crippen molar-refractivity contribution in [2.75, 3.05) is 12.3 Å². The molecule has 7 nitrogen and oxygen atoms in total. The third-order valence-electron chi connectivity index (χ3n) is 2.82. The van der Waals surface area contributed by atoms with E-state index in [0.717, 1.165) is 0 Å². The lowest BCUT2D eigenvalue weighted by Gasteiger charge is -2.24. The summed E-state index contributed by atoms with van der Waals surface area (Å²) in [5.74, 6) is -0.826. The largest absolute Gasteiger partial charge is 0.395 e. The standard InChI is InChI=1S/C12H21N5O2/c1-6(2)10-9(14)11(16-15-10)12(19)17(7(3)4)5-8(13)18/h6-7H,5,14H2,1-4H3,(H2,13,18)(H,15,16). The molecule has 0 aliphatic rings. The predicted octanol–water partition coefficient (Wildman–Crippen LogP) is 0.451. The number of hydrogen-bond donors (Lipinski definition) is 3. The first kappa shape index (κ1) is 15.0. The Morgan fingerprint density at radius 3 is 2.26 bits per heavy atom. The van der Waals surface area contributed by atoms with E-state index in [0.29, 0.717) is 11.4 Å². The van der Waals surface area contributed by atoms with Crippen molar-refractivity contribution in [1.82, 2.24) is 15.1 Å². The van der Waals surface area contributed by atoms with Crippen LogP contribution in [0.4, 0.5) is 5.69 Å². The van der Waals surface area contributed by atoms with Gasteiger partial charge in [0, 0.05) is 6.04 Å². The van der Waals surface area contributed by atoms with Crippen LogP contribution in [0.15, 0.2) is 0 Å². The third-order valence-corrected chi connectivity index (χ3v) is 2.82. The van der Waals surface area contributed by atoms with Gasteiger partial charge in [-0.15, -0.1) is 0 Å². The molecule has 0 aliphatic carbocycles. The Morgan fingerprint density at radius 2 is 1.89 bits per heavy atom. The highest BCUT2D eigenvalue weighted by Gasteiger charge is 2.26. The van der Waals surface area contributed by atoms with Crippen molar-refractivity contribution in [1.29, 1.82) is 0 Å². The van der Waals surface area contributed by atoms with E-state index < -0.39 is 11.8 Å². The number of H-pyrrole nitrogens is 1. The fourth-order valence-electron chi connectivity index (χ4n) is 1.76. The van der Waals surface area contributed by atoms with Gasteiger partial charge in [-0.05, 0) is 19.8 Å². The fraction of sp³-hybridized carbons (Fsp3) is 0.583. The van der Waals surface area contributed by atoms with Gasteiger partial charge in [0.15, 0.2) is 5.69 Å². The van der Waals surface area contributed by atoms with Gasteiger partial charge >= 0.3 is 0 Å². The zero-order valence-electron chi connectivity index (χ0n) is 11.7. The van der Waals surface area contributed by atoms with E-state index in [2.05, 4.69) is 10.2 Å². The molecule has 1 rings (SSSR count). The summed E-state index contributed by atoms with van der Waals surface area (Å²) in [6.45, 7) is 7.34. The van der Waals surface area contributed by atoms with Crippen molar-refractivity contribution < 1.29 is 9.59 Å². The van der Waals surface area contributed by atoms with Crippen LogP contribution in [0.3, 0.4) is 0 Å². The minimum atomic E-state index is -0.569. The number of rotatable bonds is 5. The number of hydrogen-bond acceptors (Lipinski definition) is 4. The lowest BCUT2D eigenvalue weighted by Crippen LogP contribution is -2.43. The van der Waals surface area contributed by atoms with E-state index in [1.807, 2.05) is 13.8 Å². The van der Waals surface area contributed by atoms with Gasteiger partial charge in [0.1, 0.15) is 0 Å². The number of nitrogens with two attached hydrogens (primary N) is 2. The van der Waals surface area contributed by atoms with E-state index in [-0.39, 0.29) is 24.2 Å². The number of aromatic amines is 1. The summed E-state index contributed by atoms with van der Waals surface area (Å²) in [6, 6.07) is -0.168. The van der Waals surface area contributed by atoms with Crippen molar-refractivity contribution in [3.63, 3.8) is 0 Å². The zero-order valence-corrected chi connectivity index (χ0v) is 11.7. The Kier molecular flexibility index (Phi) is 4.52. The number of nitrogen functional groups attached to an aromatic ring is 1. The summed E-state index contributed by atoms with van der Waals surface area (Å²) in [4.78, 5) is 24.7. The molecule has 2 amide bonds. The number of primary amides is 1. The van der Waals surface area contributed by atoms with Crippen LogP contribution in [0, 0.1) is 0 Å². The molecule has 0 fully saturated rings. The second-order valence-electron chi connectivity index (χ2n) is 5.05. The molecule has 0 unspecified atom stereocenters. The van der Waals surface area contributed by atoms with Crippen LogP contribution >= 0.6 is 0 Å². The van der Waals surface area contributed by atoms with Crippen molar-refractivity contribution in [3.05, 3.63) is 11.4 Å². The Labute approximate surface area is 112 Å². The first-order chi connectivity index (χ1) is 8.75. The molecule has 106 valence electrons. The van der Waals surface area contributed by atoms with Crippen molar-refractivity contribution in [3.8, 4) is 0 Å². The molecule has 0 aromatic carbocycles. The Morgan fingerprint density at radius 1 is 1.32 bits per heavy atom. The number of amides is 2. The first-order valence-electron chi connectivity index (χ1n) is 6.18. The zero-order chi connectivity index (χ0) is 14.7. The van der Waals surface area contributed by atoms with Gasteiger partial charge in [-0.1, -0.05) is 13.8 Å². The number of carbonyl (C=O) groups is 2. The summed E-state index contributed by atoms with van der Waals surface area (Å²) in [7, 11) is 0. The number of carbonyl (C=O) groups excluding carboxylic acids is 2. The Hall–Kier alpha value is -2.05. The average Bonchev–Trinajstić information content (AvgIpc) is 2.66.